The van der Waals surface area contributed by atoms with Gasteiger partial charge >= 0.3 is 0 Å². The minimum absolute atomic E-state index is 0.280. The topological polar surface area (TPSA) is 47.7 Å². The third-order valence-corrected chi connectivity index (χ3v) is 3.53. The maximum atomic E-state index is 5.82. The third-order valence-electron chi connectivity index (χ3n) is 3.31. The first-order valence-electron chi connectivity index (χ1n) is 6.95. The van der Waals surface area contributed by atoms with Crippen molar-refractivity contribution in [3.63, 3.8) is 0 Å². The second-order valence-electron chi connectivity index (χ2n) is 5.23. The summed E-state index contributed by atoms with van der Waals surface area (Å²) >= 11 is 5.03. The number of nitrogens with two attached hydrogens (primary N) is 1. The summed E-state index contributed by atoms with van der Waals surface area (Å²) < 4.78 is 11.5. The van der Waals surface area contributed by atoms with Crippen LogP contribution in [-0.4, -0.2) is 48.3 Å². The van der Waals surface area contributed by atoms with Crippen LogP contribution >= 0.6 is 12.2 Å². The first kappa shape index (κ1) is 15.2. The first-order chi connectivity index (χ1) is 9.56. The van der Waals surface area contributed by atoms with Crippen LogP contribution in [0, 0.1) is 0 Å². The van der Waals surface area contributed by atoms with Crippen molar-refractivity contribution in [3.8, 4) is 5.75 Å². The van der Waals surface area contributed by atoms with Gasteiger partial charge in [-0.15, -0.1) is 0 Å². The summed E-state index contributed by atoms with van der Waals surface area (Å²) in [6.45, 7) is 7.61. The summed E-state index contributed by atoms with van der Waals surface area (Å²) in [6, 6.07) is 7.62. The predicted molar refractivity (Wildman–Crippen MR) is 84.3 cm³/mol. The van der Waals surface area contributed by atoms with Gasteiger partial charge in [-0.25, -0.2) is 0 Å². The van der Waals surface area contributed by atoms with Gasteiger partial charge in [0.05, 0.1) is 17.8 Å². The monoisotopic (exact) mass is 294 g/mol. The van der Waals surface area contributed by atoms with Crippen LogP contribution in [0.3, 0.4) is 0 Å². The number of ether oxygens (including phenoxy) is 2. The van der Waals surface area contributed by atoms with Gasteiger partial charge in [0.2, 0.25) is 0 Å². The lowest BCUT2D eigenvalue weighted by molar-refractivity contribution is -0.0699. The molecule has 0 saturated carbocycles. The van der Waals surface area contributed by atoms with Gasteiger partial charge in [0.25, 0.3) is 0 Å². The van der Waals surface area contributed by atoms with Gasteiger partial charge in [0.1, 0.15) is 17.3 Å². The molecule has 1 fully saturated rings. The fraction of sp³-hybridized carbons (Fsp3) is 0.533. The molecule has 110 valence electrons. The molecule has 20 heavy (non-hydrogen) atoms. The zero-order chi connectivity index (χ0) is 14.5. The van der Waals surface area contributed by atoms with Crippen molar-refractivity contribution < 1.29 is 9.47 Å². The number of nitrogens with zero attached hydrogens (tertiary/aromatic N) is 1. The van der Waals surface area contributed by atoms with E-state index in [0.29, 0.717) is 11.6 Å². The highest BCUT2D eigenvalue weighted by atomic mass is 32.1. The quantitative estimate of drug-likeness (QED) is 0.839. The molecular weight excluding hydrogens is 272 g/mol. The molecule has 1 saturated heterocycles. The fourth-order valence-electron chi connectivity index (χ4n) is 2.55. The maximum absolute atomic E-state index is 5.82. The number of thiocarbonyl (C=S) groups is 1. The van der Waals surface area contributed by atoms with Crippen molar-refractivity contribution in [2.24, 2.45) is 5.73 Å². The molecule has 0 unspecified atom stereocenters. The Morgan fingerprint density at radius 1 is 1.35 bits per heavy atom. The number of rotatable bonds is 5. The van der Waals surface area contributed by atoms with E-state index in [9.17, 15) is 0 Å². The van der Waals surface area contributed by atoms with Gasteiger partial charge in [0.15, 0.2) is 0 Å². The van der Waals surface area contributed by atoms with Crippen LogP contribution < -0.4 is 10.5 Å². The molecule has 1 heterocycles. The van der Waals surface area contributed by atoms with Crippen LogP contribution in [-0.2, 0) is 4.74 Å². The molecule has 1 aromatic carbocycles. The van der Waals surface area contributed by atoms with Crippen molar-refractivity contribution in [2.75, 3.05) is 26.2 Å². The Morgan fingerprint density at radius 3 is 2.65 bits per heavy atom. The van der Waals surface area contributed by atoms with E-state index < -0.39 is 0 Å². The standard InChI is InChI=1S/C15H22N2O2S/c1-11-9-17(10-12(2)19-11)7-8-18-14-6-4-3-5-13(14)15(16)20/h3-6,11-12H,7-10H2,1-2H3,(H2,16,20)/t11-,12+. The van der Waals surface area contributed by atoms with Crippen molar-refractivity contribution >= 4 is 17.2 Å². The van der Waals surface area contributed by atoms with E-state index in [1.165, 1.54) is 0 Å². The van der Waals surface area contributed by atoms with Crippen molar-refractivity contribution in [1.29, 1.82) is 0 Å². The summed E-state index contributed by atoms with van der Waals surface area (Å²) in [4.78, 5) is 2.73. The number of benzene rings is 1. The van der Waals surface area contributed by atoms with Gasteiger partial charge in [-0.1, -0.05) is 24.4 Å². The fourth-order valence-corrected chi connectivity index (χ4v) is 2.72. The van der Waals surface area contributed by atoms with Gasteiger partial charge in [-0.05, 0) is 26.0 Å². The smallest absolute Gasteiger partial charge is 0.129 e. The van der Waals surface area contributed by atoms with E-state index in [0.717, 1.165) is 30.9 Å². The van der Waals surface area contributed by atoms with Crippen LogP contribution in [0.2, 0.25) is 0 Å². The molecule has 0 bridgehead atoms. The lowest BCUT2D eigenvalue weighted by Gasteiger charge is -2.35. The first-order valence-corrected chi connectivity index (χ1v) is 7.36. The molecule has 1 aromatic rings. The van der Waals surface area contributed by atoms with E-state index >= 15 is 0 Å². The lowest BCUT2D eigenvalue weighted by Crippen LogP contribution is -2.46. The molecule has 0 aliphatic carbocycles. The average Bonchev–Trinajstić information content (AvgIpc) is 2.38. The highest BCUT2D eigenvalue weighted by Gasteiger charge is 2.21. The minimum Gasteiger partial charge on any atom is -0.492 e. The highest BCUT2D eigenvalue weighted by molar-refractivity contribution is 7.80. The highest BCUT2D eigenvalue weighted by Crippen LogP contribution is 2.18. The molecule has 0 radical (unpaired) electrons. The Morgan fingerprint density at radius 2 is 2.00 bits per heavy atom. The second-order valence-corrected chi connectivity index (χ2v) is 5.67. The van der Waals surface area contributed by atoms with E-state index in [2.05, 4.69) is 18.7 Å². The number of hydrogen-bond donors (Lipinski definition) is 1. The summed E-state index contributed by atoms with van der Waals surface area (Å²) in [5, 5.41) is 0. The summed E-state index contributed by atoms with van der Waals surface area (Å²) in [5.41, 5.74) is 6.49. The van der Waals surface area contributed by atoms with Crippen LogP contribution in [0.15, 0.2) is 24.3 Å². The molecule has 0 spiro atoms. The number of hydrogen-bond acceptors (Lipinski definition) is 4. The van der Waals surface area contributed by atoms with Crippen molar-refractivity contribution in [2.45, 2.75) is 26.1 Å². The Labute approximate surface area is 125 Å². The Hall–Kier alpha value is -1.17. The Balaban J connectivity index is 1.85. The van der Waals surface area contributed by atoms with Crippen molar-refractivity contribution in [1.82, 2.24) is 4.90 Å². The minimum atomic E-state index is 0.280. The normalized spacial score (nSPS) is 23.5. The zero-order valence-electron chi connectivity index (χ0n) is 12.0. The molecular formula is C15H22N2O2S. The molecule has 0 amide bonds. The Kier molecular flexibility index (Phi) is 5.34. The number of morpholine rings is 1. The molecule has 2 N–H and O–H groups in total. The van der Waals surface area contributed by atoms with Gasteiger partial charge in [-0.3, -0.25) is 4.90 Å². The SMILES string of the molecule is C[C@@H]1CN(CCOc2ccccc2C(N)=S)C[C@H](C)O1. The Bertz CT molecular complexity index is 457. The van der Waals surface area contributed by atoms with Crippen LogP contribution in [0.25, 0.3) is 0 Å². The molecule has 1 aliphatic rings. The molecule has 2 atom stereocenters. The molecule has 0 aromatic heterocycles. The van der Waals surface area contributed by atoms with Crippen molar-refractivity contribution in [3.05, 3.63) is 29.8 Å². The molecule has 2 rings (SSSR count). The van der Waals surface area contributed by atoms with Gasteiger partial charge in [-0.2, -0.15) is 0 Å². The maximum Gasteiger partial charge on any atom is 0.129 e. The average molecular weight is 294 g/mol. The predicted octanol–water partition coefficient (Wildman–Crippen LogP) is 1.81. The second kappa shape index (κ2) is 7.02. The third kappa shape index (κ3) is 4.16. The van der Waals surface area contributed by atoms with E-state index in [-0.39, 0.29) is 12.2 Å². The summed E-state index contributed by atoms with van der Waals surface area (Å²) in [7, 11) is 0. The molecule has 5 heteroatoms. The van der Waals surface area contributed by atoms with E-state index in [4.69, 9.17) is 27.4 Å². The van der Waals surface area contributed by atoms with Crippen LogP contribution in [0.4, 0.5) is 0 Å². The van der Waals surface area contributed by atoms with E-state index in [1.54, 1.807) is 0 Å². The van der Waals surface area contributed by atoms with Crippen LogP contribution in [0.5, 0.6) is 5.75 Å². The zero-order valence-corrected chi connectivity index (χ0v) is 12.9. The van der Waals surface area contributed by atoms with Gasteiger partial charge < -0.3 is 15.2 Å². The molecule has 1 aliphatic heterocycles. The summed E-state index contributed by atoms with van der Waals surface area (Å²) in [5.74, 6) is 0.759. The lowest BCUT2D eigenvalue weighted by atomic mass is 10.2. The van der Waals surface area contributed by atoms with Gasteiger partial charge in [0, 0.05) is 19.6 Å². The molecule has 4 nitrogen and oxygen atoms in total. The summed E-state index contributed by atoms with van der Waals surface area (Å²) in [6.07, 6.45) is 0.560. The largest absolute Gasteiger partial charge is 0.492 e. The van der Waals surface area contributed by atoms with Crippen LogP contribution in [0.1, 0.15) is 19.4 Å². The number of para-hydroxylation sites is 1. The van der Waals surface area contributed by atoms with E-state index in [1.807, 2.05) is 24.3 Å².